The summed E-state index contributed by atoms with van der Waals surface area (Å²) in [5.41, 5.74) is 2.08. The molecule has 0 amide bonds. The molecule has 19 heavy (non-hydrogen) atoms. The van der Waals surface area contributed by atoms with Crippen molar-refractivity contribution in [3.8, 4) is 0 Å². The Morgan fingerprint density at radius 2 is 1.95 bits per heavy atom. The zero-order valence-electron chi connectivity index (χ0n) is 10.3. The molecule has 3 atom stereocenters. The number of rotatable bonds is 1. The fourth-order valence-electron chi connectivity index (χ4n) is 3.98. The number of H-pyrrole nitrogens is 1. The van der Waals surface area contributed by atoms with Gasteiger partial charge in [0, 0.05) is 6.04 Å². The van der Waals surface area contributed by atoms with Crippen LogP contribution in [0.3, 0.4) is 0 Å². The maximum atomic E-state index is 6.16. The van der Waals surface area contributed by atoms with E-state index in [2.05, 4.69) is 9.55 Å². The first kappa shape index (κ1) is 12.2. The van der Waals surface area contributed by atoms with Crippen molar-refractivity contribution in [2.24, 2.45) is 11.8 Å². The normalized spacial score (nSPS) is 29.5. The van der Waals surface area contributed by atoms with Crippen LogP contribution in [0.4, 0.5) is 0 Å². The SMILES string of the molecule is S=c1[nH]c2cc(Cl)c(Cl)cc2n1C1CC2CCC1C2. The van der Waals surface area contributed by atoms with Gasteiger partial charge in [0.1, 0.15) is 0 Å². The van der Waals surface area contributed by atoms with E-state index in [0.29, 0.717) is 16.1 Å². The van der Waals surface area contributed by atoms with Crippen LogP contribution in [0.5, 0.6) is 0 Å². The molecule has 0 aliphatic heterocycles. The number of benzene rings is 1. The topological polar surface area (TPSA) is 20.7 Å². The molecular weight excluding hydrogens is 299 g/mol. The van der Waals surface area contributed by atoms with Crippen LogP contribution in [-0.2, 0) is 0 Å². The molecule has 2 aromatic rings. The minimum absolute atomic E-state index is 0.539. The highest BCUT2D eigenvalue weighted by molar-refractivity contribution is 7.71. The van der Waals surface area contributed by atoms with Crippen molar-refractivity contribution in [1.82, 2.24) is 9.55 Å². The second-order valence-corrected chi connectivity index (χ2v) is 7.03. The van der Waals surface area contributed by atoms with E-state index in [-0.39, 0.29) is 0 Å². The zero-order valence-corrected chi connectivity index (χ0v) is 12.7. The summed E-state index contributed by atoms with van der Waals surface area (Å²) in [6.45, 7) is 0. The Kier molecular flexibility index (Phi) is 2.73. The highest BCUT2D eigenvalue weighted by atomic mass is 35.5. The first-order valence-electron chi connectivity index (χ1n) is 6.73. The summed E-state index contributed by atoms with van der Waals surface area (Å²) in [6, 6.07) is 4.35. The van der Waals surface area contributed by atoms with Crippen LogP contribution < -0.4 is 0 Å². The molecule has 1 aromatic carbocycles. The first-order valence-corrected chi connectivity index (χ1v) is 7.89. The zero-order chi connectivity index (χ0) is 13.1. The smallest absolute Gasteiger partial charge is 0.178 e. The molecule has 1 N–H and O–H groups in total. The van der Waals surface area contributed by atoms with Gasteiger partial charge in [-0.3, -0.25) is 0 Å². The number of fused-ring (bicyclic) bond motifs is 3. The molecule has 2 aliphatic rings. The number of nitrogens with one attached hydrogen (secondary N) is 1. The van der Waals surface area contributed by atoms with Crippen LogP contribution in [0.15, 0.2) is 12.1 Å². The van der Waals surface area contributed by atoms with Gasteiger partial charge >= 0.3 is 0 Å². The Morgan fingerprint density at radius 1 is 1.16 bits per heavy atom. The fraction of sp³-hybridized carbons (Fsp3) is 0.500. The monoisotopic (exact) mass is 312 g/mol. The minimum Gasteiger partial charge on any atom is -0.331 e. The third kappa shape index (κ3) is 1.78. The van der Waals surface area contributed by atoms with Gasteiger partial charge in [-0.15, -0.1) is 0 Å². The molecule has 4 rings (SSSR count). The Morgan fingerprint density at radius 3 is 2.63 bits per heavy atom. The number of imidazole rings is 1. The number of nitrogens with zero attached hydrogens (tertiary/aromatic N) is 1. The van der Waals surface area contributed by atoms with E-state index in [0.717, 1.165) is 27.6 Å². The highest BCUT2D eigenvalue weighted by Gasteiger charge is 2.41. The lowest BCUT2D eigenvalue weighted by Gasteiger charge is -2.23. The first-order chi connectivity index (χ1) is 9.13. The van der Waals surface area contributed by atoms with Gasteiger partial charge in [0.05, 0.1) is 21.1 Å². The third-order valence-corrected chi connectivity index (χ3v) is 5.81. The van der Waals surface area contributed by atoms with Crippen molar-refractivity contribution >= 4 is 46.5 Å². The van der Waals surface area contributed by atoms with Gasteiger partial charge in [0.25, 0.3) is 0 Å². The molecule has 2 nitrogen and oxygen atoms in total. The quantitative estimate of drug-likeness (QED) is 0.702. The standard InChI is InChI=1S/C14H14Cl2N2S/c15-9-5-11-13(6-10(9)16)18(14(19)17-11)12-4-7-1-2-8(12)3-7/h5-8,12H,1-4H2,(H,17,19). The molecule has 0 saturated heterocycles. The van der Waals surface area contributed by atoms with E-state index in [1.807, 2.05) is 12.1 Å². The summed E-state index contributed by atoms with van der Waals surface area (Å²) in [4.78, 5) is 3.27. The minimum atomic E-state index is 0.539. The number of hydrogen-bond acceptors (Lipinski definition) is 1. The maximum absolute atomic E-state index is 6.16. The summed E-state index contributed by atoms with van der Waals surface area (Å²) >= 11 is 17.8. The molecule has 0 radical (unpaired) electrons. The van der Waals surface area contributed by atoms with E-state index in [9.17, 15) is 0 Å². The van der Waals surface area contributed by atoms with E-state index in [1.165, 1.54) is 25.7 Å². The molecule has 1 heterocycles. The van der Waals surface area contributed by atoms with E-state index in [1.54, 1.807) is 0 Å². The van der Waals surface area contributed by atoms with Crippen molar-refractivity contribution in [2.75, 3.05) is 0 Å². The van der Waals surface area contributed by atoms with E-state index < -0.39 is 0 Å². The Hall–Kier alpha value is -0.510. The molecule has 2 fully saturated rings. The maximum Gasteiger partial charge on any atom is 0.178 e. The van der Waals surface area contributed by atoms with Crippen LogP contribution in [-0.4, -0.2) is 9.55 Å². The van der Waals surface area contributed by atoms with Crippen molar-refractivity contribution in [3.63, 3.8) is 0 Å². The predicted octanol–water partition coefficient (Wildman–Crippen LogP) is 5.37. The molecular formula is C14H14Cl2N2S. The summed E-state index contributed by atoms with van der Waals surface area (Å²) in [6.07, 6.45) is 5.35. The van der Waals surface area contributed by atoms with Crippen LogP contribution in [0.1, 0.15) is 31.7 Å². The number of aromatic amines is 1. The molecule has 0 spiro atoms. The van der Waals surface area contributed by atoms with Gasteiger partial charge in [0.15, 0.2) is 4.77 Å². The molecule has 5 heteroatoms. The van der Waals surface area contributed by atoms with Gasteiger partial charge in [-0.1, -0.05) is 29.6 Å². The highest BCUT2D eigenvalue weighted by Crippen LogP contribution is 2.51. The molecule has 3 unspecified atom stereocenters. The van der Waals surface area contributed by atoms with Gasteiger partial charge < -0.3 is 9.55 Å². The van der Waals surface area contributed by atoms with E-state index in [4.69, 9.17) is 35.4 Å². The lowest BCUT2D eigenvalue weighted by molar-refractivity contribution is 0.333. The number of halogens is 2. The molecule has 1 aromatic heterocycles. The van der Waals surface area contributed by atoms with Gasteiger partial charge in [-0.25, -0.2) is 0 Å². The van der Waals surface area contributed by atoms with Crippen molar-refractivity contribution in [1.29, 1.82) is 0 Å². The summed E-state index contributed by atoms with van der Waals surface area (Å²) < 4.78 is 3.07. The van der Waals surface area contributed by atoms with Crippen LogP contribution in [0, 0.1) is 16.6 Å². The lowest BCUT2D eigenvalue weighted by atomic mass is 9.95. The molecule has 100 valence electrons. The second-order valence-electron chi connectivity index (χ2n) is 5.83. The fourth-order valence-corrected chi connectivity index (χ4v) is 4.64. The third-order valence-electron chi connectivity index (χ3n) is 4.79. The average molecular weight is 313 g/mol. The lowest BCUT2D eigenvalue weighted by Crippen LogP contribution is -2.16. The van der Waals surface area contributed by atoms with Crippen LogP contribution in [0.25, 0.3) is 11.0 Å². The van der Waals surface area contributed by atoms with Crippen molar-refractivity contribution in [3.05, 3.63) is 26.9 Å². The Labute approximate surface area is 126 Å². The average Bonchev–Trinajstić information content (AvgIpc) is 3.03. The molecule has 2 aliphatic carbocycles. The second kappa shape index (κ2) is 4.24. The van der Waals surface area contributed by atoms with Crippen molar-refractivity contribution in [2.45, 2.75) is 31.7 Å². The number of hydrogen-bond donors (Lipinski definition) is 1. The molecule has 2 bridgehead atoms. The van der Waals surface area contributed by atoms with Gasteiger partial charge in [0.2, 0.25) is 0 Å². The predicted molar refractivity (Wildman–Crippen MR) is 81.6 cm³/mol. The largest absolute Gasteiger partial charge is 0.331 e. The Bertz CT molecular complexity index is 718. The van der Waals surface area contributed by atoms with E-state index >= 15 is 0 Å². The molecule has 2 saturated carbocycles. The van der Waals surface area contributed by atoms with Crippen LogP contribution in [0.2, 0.25) is 10.0 Å². The van der Waals surface area contributed by atoms with Gasteiger partial charge in [-0.2, -0.15) is 0 Å². The van der Waals surface area contributed by atoms with Crippen molar-refractivity contribution < 1.29 is 0 Å². The van der Waals surface area contributed by atoms with Gasteiger partial charge in [-0.05, 0) is 55.4 Å². The Balaban J connectivity index is 1.92. The summed E-state index contributed by atoms with van der Waals surface area (Å²) in [5, 5.41) is 1.17. The summed E-state index contributed by atoms with van der Waals surface area (Å²) in [7, 11) is 0. The van der Waals surface area contributed by atoms with Crippen LogP contribution >= 0.6 is 35.4 Å². The summed E-state index contributed by atoms with van der Waals surface area (Å²) in [5.74, 6) is 1.68. The number of aromatic nitrogens is 2.